The van der Waals surface area contributed by atoms with E-state index < -0.39 is 17.2 Å². The Morgan fingerprint density at radius 1 is 1.04 bits per heavy atom. The Labute approximate surface area is 164 Å². The maximum Gasteiger partial charge on any atom is 0.232 e. The molecule has 0 saturated heterocycles. The van der Waals surface area contributed by atoms with Crippen LogP contribution in [0.5, 0.6) is 5.75 Å². The van der Waals surface area contributed by atoms with Gasteiger partial charge in [0, 0.05) is 11.1 Å². The van der Waals surface area contributed by atoms with Crippen LogP contribution < -0.4 is 10.1 Å². The van der Waals surface area contributed by atoms with Gasteiger partial charge in [0.2, 0.25) is 5.72 Å². The summed E-state index contributed by atoms with van der Waals surface area (Å²) in [6.45, 7) is 6.26. The fraction of sp³-hybridized carbons (Fsp3) is 0.292. The van der Waals surface area contributed by atoms with Crippen molar-refractivity contribution in [2.75, 3.05) is 5.32 Å². The first-order valence-corrected chi connectivity index (χ1v) is 9.83. The zero-order chi connectivity index (χ0) is 19.5. The highest BCUT2D eigenvalue weighted by atomic mass is 16.5. The number of aliphatic imine (C=N–C) groups is 1. The second kappa shape index (κ2) is 5.82. The molecule has 0 aromatic heterocycles. The van der Waals surface area contributed by atoms with Gasteiger partial charge >= 0.3 is 0 Å². The van der Waals surface area contributed by atoms with Gasteiger partial charge in [-0.15, -0.1) is 0 Å². The quantitative estimate of drug-likeness (QED) is 0.652. The summed E-state index contributed by atoms with van der Waals surface area (Å²) in [5.41, 5.74) is 2.27. The number of para-hydroxylation sites is 1. The minimum absolute atomic E-state index is 0.415. The summed E-state index contributed by atoms with van der Waals surface area (Å²) in [5.74, 6) is 0.735. The van der Waals surface area contributed by atoms with Crippen LogP contribution in [0.1, 0.15) is 32.8 Å². The van der Waals surface area contributed by atoms with Crippen LogP contribution in [0.4, 0.5) is 11.4 Å². The van der Waals surface area contributed by atoms with Crippen molar-refractivity contribution in [2.45, 2.75) is 44.4 Å². The van der Waals surface area contributed by atoms with Crippen LogP contribution in [0, 0.1) is 0 Å². The van der Waals surface area contributed by atoms with Crippen molar-refractivity contribution in [3.8, 4) is 5.75 Å². The van der Waals surface area contributed by atoms with Crippen LogP contribution in [-0.2, 0) is 5.41 Å². The number of rotatable bonds is 2. The second-order valence-electron chi connectivity index (χ2n) is 8.13. The van der Waals surface area contributed by atoms with E-state index >= 15 is 0 Å². The van der Waals surface area contributed by atoms with E-state index in [1.165, 1.54) is 0 Å². The second-order valence-corrected chi connectivity index (χ2v) is 8.13. The van der Waals surface area contributed by atoms with Crippen molar-refractivity contribution >= 4 is 27.9 Å². The van der Waals surface area contributed by atoms with Gasteiger partial charge in [-0.1, -0.05) is 55.5 Å². The van der Waals surface area contributed by atoms with Crippen molar-refractivity contribution in [1.29, 1.82) is 0 Å². The molecule has 2 aliphatic rings. The standard InChI is InChI=1S/C24H24N2O2/c1-4-19(27)22-24(23(2,3)17-11-7-8-12-18(17)26-24)28-20-14-13-15-9-5-6-10-16(15)21(20)25-22/h5-14,19,26-27H,4H2,1-3H3. The molecule has 142 valence electrons. The fourth-order valence-corrected chi connectivity index (χ4v) is 4.56. The Morgan fingerprint density at radius 3 is 2.57 bits per heavy atom. The van der Waals surface area contributed by atoms with Gasteiger partial charge < -0.3 is 15.2 Å². The Bertz CT molecular complexity index is 1120. The molecule has 2 aliphatic heterocycles. The van der Waals surface area contributed by atoms with Crippen LogP contribution in [-0.4, -0.2) is 22.6 Å². The van der Waals surface area contributed by atoms with Crippen LogP contribution in [0.15, 0.2) is 65.7 Å². The minimum Gasteiger partial charge on any atom is -0.459 e. The van der Waals surface area contributed by atoms with Crippen LogP contribution in [0.3, 0.4) is 0 Å². The Morgan fingerprint density at radius 2 is 1.79 bits per heavy atom. The summed E-state index contributed by atoms with van der Waals surface area (Å²) in [4.78, 5) is 5.04. The van der Waals surface area contributed by atoms with Gasteiger partial charge in [-0.3, -0.25) is 0 Å². The summed E-state index contributed by atoms with van der Waals surface area (Å²) in [6, 6.07) is 20.4. The number of anilines is 1. The molecule has 3 aromatic rings. The van der Waals surface area contributed by atoms with E-state index in [-0.39, 0.29) is 0 Å². The molecule has 2 atom stereocenters. The average Bonchev–Trinajstić information content (AvgIpc) is 2.94. The third kappa shape index (κ3) is 2.12. The van der Waals surface area contributed by atoms with E-state index in [2.05, 4.69) is 49.5 Å². The first-order chi connectivity index (χ1) is 13.5. The van der Waals surface area contributed by atoms with E-state index in [9.17, 15) is 5.11 Å². The van der Waals surface area contributed by atoms with Gasteiger partial charge in [-0.25, -0.2) is 4.99 Å². The number of hydrogen-bond acceptors (Lipinski definition) is 4. The lowest BCUT2D eigenvalue weighted by Crippen LogP contribution is -2.63. The van der Waals surface area contributed by atoms with Gasteiger partial charge in [0.05, 0.1) is 11.5 Å². The molecule has 0 saturated carbocycles. The van der Waals surface area contributed by atoms with Crippen molar-refractivity contribution < 1.29 is 9.84 Å². The summed E-state index contributed by atoms with van der Waals surface area (Å²) < 4.78 is 6.72. The zero-order valence-electron chi connectivity index (χ0n) is 16.4. The Hall–Kier alpha value is -2.85. The molecular formula is C24H24N2O2. The van der Waals surface area contributed by atoms with Gasteiger partial charge in [0.25, 0.3) is 0 Å². The summed E-state index contributed by atoms with van der Waals surface area (Å²) >= 11 is 0. The SMILES string of the molecule is CCC(O)C1=Nc2c(ccc3ccccc23)OC12Nc1ccccc1C2(C)C. The summed E-state index contributed by atoms with van der Waals surface area (Å²) in [5, 5.41) is 16.7. The van der Waals surface area contributed by atoms with Crippen molar-refractivity contribution in [2.24, 2.45) is 4.99 Å². The molecule has 0 aliphatic carbocycles. The van der Waals surface area contributed by atoms with Crippen molar-refractivity contribution in [3.63, 3.8) is 0 Å². The molecule has 4 heteroatoms. The highest BCUT2D eigenvalue weighted by Gasteiger charge is 2.60. The lowest BCUT2D eigenvalue weighted by atomic mass is 9.73. The number of nitrogens with zero attached hydrogens (tertiary/aromatic N) is 1. The maximum absolute atomic E-state index is 11.0. The largest absolute Gasteiger partial charge is 0.459 e. The predicted molar refractivity (Wildman–Crippen MR) is 114 cm³/mol. The molecule has 0 radical (unpaired) electrons. The van der Waals surface area contributed by atoms with Crippen LogP contribution in [0.2, 0.25) is 0 Å². The van der Waals surface area contributed by atoms with Gasteiger partial charge in [-0.05, 0) is 43.4 Å². The van der Waals surface area contributed by atoms with Gasteiger partial charge in [-0.2, -0.15) is 0 Å². The van der Waals surface area contributed by atoms with E-state index in [4.69, 9.17) is 9.73 Å². The zero-order valence-corrected chi connectivity index (χ0v) is 16.4. The van der Waals surface area contributed by atoms with E-state index in [1.807, 2.05) is 37.3 Å². The maximum atomic E-state index is 11.0. The number of hydrogen-bond donors (Lipinski definition) is 2. The topological polar surface area (TPSA) is 53.9 Å². The molecule has 0 fully saturated rings. The molecule has 1 spiro atoms. The van der Waals surface area contributed by atoms with E-state index in [0.717, 1.165) is 33.5 Å². The molecular weight excluding hydrogens is 348 g/mol. The number of ether oxygens (including phenoxy) is 1. The van der Waals surface area contributed by atoms with Crippen molar-refractivity contribution in [3.05, 3.63) is 66.2 Å². The number of aliphatic hydroxyl groups excluding tert-OH is 1. The van der Waals surface area contributed by atoms with Crippen LogP contribution >= 0.6 is 0 Å². The monoisotopic (exact) mass is 372 g/mol. The first-order valence-electron chi connectivity index (χ1n) is 9.83. The molecule has 28 heavy (non-hydrogen) atoms. The van der Waals surface area contributed by atoms with Crippen LogP contribution in [0.25, 0.3) is 10.8 Å². The number of fused-ring (bicyclic) bond motifs is 4. The third-order valence-corrected chi connectivity index (χ3v) is 6.21. The summed E-state index contributed by atoms with van der Waals surface area (Å²) in [7, 11) is 0. The molecule has 2 N–H and O–H groups in total. The lowest BCUT2D eigenvalue weighted by Gasteiger charge is -2.45. The number of aliphatic hydroxyl groups is 1. The molecule has 2 unspecified atom stereocenters. The smallest absolute Gasteiger partial charge is 0.232 e. The average molecular weight is 372 g/mol. The molecule has 3 aromatic carbocycles. The van der Waals surface area contributed by atoms with Gasteiger partial charge in [0.15, 0.2) is 0 Å². The first kappa shape index (κ1) is 17.3. The van der Waals surface area contributed by atoms with Gasteiger partial charge in [0.1, 0.15) is 17.1 Å². The highest BCUT2D eigenvalue weighted by molar-refractivity contribution is 6.08. The number of benzene rings is 3. The van der Waals surface area contributed by atoms with E-state index in [1.54, 1.807) is 0 Å². The molecule has 4 nitrogen and oxygen atoms in total. The highest BCUT2D eigenvalue weighted by Crippen LogP contribution is 2.53. The molecule has 2 heterocycles. The van der Waals surface area contributed by atoms with E-state index in [0.29, 0.717) is 12.1 Å². The minimum atomic E-state index is -0.929. The predicted octanol–water partition coefficient (Wildman–Crippen LogP) is 5.18. The van der Waals surface area contributed by atoms with Crippen molar-refractivity contribution in [1.82, 2.24) is 0 Å². The molecule has 0 amide bonds. The third-order valence-electron chi connectivity index (χ3n) is 6.21. The Kier molecular flexibility index (Phi) is 3.59. The normalized spacial score (nSPS) is 22.8. The molecule has 0 bridgehead atoms. The Balaban J connectivity index is 1.78. The molecule has 5 rings (SSSR count). The fourth-order valence-electron chi connectivity index (χ4n) is 4.56. The lowest BCUT2D eigenvalue weighted by molar-refractivity contribution is 0.0850. The number of nitrogens with one attached hydrogen (secondary N) is 1. The summed E-state index contributed by atoms with van der Waals surface area (Å²) in [6.07, 6.45) is -0.133.